The van der Waals surface area contributed by atoms with Crippen molar-refractivity contribution in [1.82, 2.24) is 44.3 Å². The number of methoxy groups -OCH3 is 1. The maximum Gasteiger partial charge on any atom is 0.267 e. The van der Waals surface area contributed by atoms with Crippen LogP contribution in [0.5, 0.6) is 0 Å². The first-order chi connectivity index (χ1) is 31.9. The summed E-state index contributed by atoms with van der Waals surface area (Å²) < 4.78 is 10.2. The SMILES string of the molecule is CC.CNSc1cc(Nc2nccc(N(C)c3ccc4c(C)n(C)nc4c3)n2)ccc1C.COCCN1CCN(c2cc(Nc3ncc(C(=O)Nc4c(C)cccc4Cl)s3)nc(C)n2)CC1. The third kappa shape index (κ3) is 12.7. The number of anilines is 8. The second-order valence-electron chi connectivity index (χ2n) is 15.1. The minimum absolute atomic E-state index is 0.257. The smallest absolute Gasteiger partial charge is 0.267 e. The van der Waals surface area contributed by atoms with Gasteiger partial charge in [0.25, 0.3) is 5.91 Å². The lowest BCUT2D eigenvalue weighted by Gasteiger charge is -2.35. The molecule has 3 aromatic carbocycles. The van der Waals surface area contributed by atoms with E-state index < -0.39 is 0 Å². The van der Waals surface area contributed by atoms with Gasteiger partial charge in [-0.1, -0.05) is 55.0 Å². The van der Waals surface area contributed by atoms with Crippen LogP contribution in [-0.2, 0) is 11.8 Å². The van der Waals surface area contributed by atoms with Crippen molar-refractivity contribution in [1.29, 1.82) is 0 Å². The average molecular weight is 952 g/mol. The highest BCUT2D eigenvalue weighted by Crippen LogP contribution is 2.31. The highest BCUT2D eigenvalue weighted by Gasteiger charge is 2.20. The first kappa shape index (κ1) is 49.5. The molecule has 4 N–H and O–H groups in total. The van der Waals surface area contributed by atoms with Crippen molar-refractivity contribution in [2.75, 3.05) is 86.3 Å². The molecule has 4 aromatic heterocycles. The fraction of sp³-hybridized carbons (Fsp3) is 0.340. The Kier molecular flexibility index (Phi) is 17.7. The summed E-state index contributed by atoms with van der Waals surface area (Å²) in [6.45, 7) is 17.3. The summed E-state index contributed by atoms with van der Waals surface area (Å²) in [4.78, 5) is 43.6. The number of aryl methyl sites for hydroxylation is 5. The van der Waals surface area contributed by atoms with Crippen LogP contribution in [0, 0.1) is 27.7 Å². The zero-order chi connectivity index (χ0) is 47.3. The second kappa shape index (κ2) is 23.5. The van der Waals surface area contributed by atoms with E-state index in [1.165, 1.54) is 16.9 Å². The van der Waals surface area contributed by atoms with Gasteiger partial charge in [-0.25, -0.2) is 19.9 Å². The van der Waals surface area contributed by atoms with Crippen LogP contribution in [0.1, 0.15) is 46.2 Å². The minimum atomic E-state index is -0.257. The third-order valence-electron chi connectivity index (χ3n) is 10.7. The number of hydrogen-bond donors (Lipinski definition) is 4. The number of carbonyl (C=O) groups excluding carboxylic acids is 1. The van der Waals surface area contributed by atoms with Crippen molar-refractivity contribution < 1.29 is 9.53 Å². The lowest BCUT2D eigenvalue weighted by molar-refractivity contribution is 0.103. The number of aromatic nitrogens is 7. The van der Waals surface area contributed by atoms with Gasteiger partial charge in [0.15, 0.2) is 5.13 Å². The number of halogens is 1. The zero-order valence-corrected chi connectivity index (χ0v) is 41.6. The number of fused-ring (bicyclic) bond motifs is 1. The number of para-hydroxylation sites is 1. The van der Waals surface area contributed by atoms with Gasteiger partial charge in [0.2, 0.25) is 5.95 Å². The summed E-state index contributed by atoms with van der Waals surface area (Å²) in [5.41, 5.74) is 6.82. The van der Waals surface area contributed by atoms with Gasteiger partial charge >= 0.3 is 0 Å². The molecule has 1 aliphatic rings. The molecule has 1 aliphatic heterocycles. The number of benzene rings is 3. The molecule has 0 unspecified atom stereocenters. The Bertz CT molecular complexity index is 2700. The van der Waals surface area contributed by atoms with Gasteiger partial charge in [0, 0.05) is 93.5 Å². The van der Waals surface area contributed by atoms with Crippen LogP contribution < -0.4 is 30.5 Å². The van der Waals surface area contributed by atoms with Crippen molar-refractivity contribution in [3.05, 3.63) is 112 Å². The molecule has 1 amide bonds. The summed E-state index contributed by atoms with van der Waals surface area (Å²) in [7, 11) is 7.60. The largest absolute Gasteiger partial charge is 0.383 e. The van der Waals surface area contributed by atoms with Crippen LogP contribution >= 0.6 is 34.9 Å². The van der Waals surface area contributed by atoms with Gasteiger partial charge < -0.3 is 30.5 Å². The van der Waals surface area contributed by atoms with E-state index in [0.29, 0.717) is 38.3 Å². The van der Waals surface area contributed by atoms with Crippen LogP contribution in [0.4, 0.5) is 45.6 Å². The molecule has 7 aromatic rings. The Labute approximate surface area is 400 Å². The number of ether oxygens (including phenoxy) is 1. The normalized spacial score (nSPS) is 12.5. The van der Waals surface area contributed by atoms with Crippen molar-refractivity contribution in [2.45, 2.75) is 46.4 Å². The fourth-order valence-electron chi connectivity index (χ4n) is 6.99. The molecular formula is C47H59ClN14O2S2. The predicted molar refractivity (Wildman–Crippen MR) is 273 cm³/mol. The third-order valence-corrected chi connectivity index (χ3v) is 12.8. The van der Waals surface area contributed by atoms with Gasteiger partial charge in [-0.2, -0.15) is 10.1 Å². The van der Waals surface area contributed by atoms with E-state index in [2.05, 4.69) is 99.7 Å². The van der Waals surface area contributed by atoms with Gasteiger partial charge in [-0.15, -0.1) is 0 Å². The number of amides is 1. The zero-order valence-electron chi connectivity index (χ0n) is 39.2. The molecular weight excluding hydrogens is 892 g/mol. The Hall–Kier alpha value is -5.89. The lowest BCUT2D eigenvalue weighted by Crippen LogP contribution is -2.47. The number of nitrogens with zero attached hydrogens (tertiary/aromatic N) is 10. The van der Waals surface area contributed by atoms with Crippen molar-refractivity contribution in [2.24, 2.45) is 7.05 Å². The lowest BCUT2D eigenvalue weighted by atomic mass is 10.2. The summed E-state index contributed by atoms with van der Waals surface area (Å²) in [6, 6.07) is 21.8. The summed E-state index contributed by atoms with van der Waals surface area (Å²) in [6.07, 6.45) is 3.31. The number of nitrogens with one attached hydrogen (secondary N) is 4. The van der Waals surface area contributed by atoms with Gasteiger partial charge in [-0.05, 0) is 100 Å². The molecule has 8 rings (SSSR count). The van der Waals surface area contributed by atoms with Crippen LogP contribution in [0.2, 0.25) is 5.02 Å². The van der Waals surface area contributed by atoms with Crippen LogP contribution in [0.3, 0.4) is 0 Å². The summed E-state index contributed by atoms with van der Waals surface area (Å²) >= 11 is 9.07. The predicted octanol–water partition coefficient (Wildman–Crippen LogP) is 9.71. The second-order valence-corrected chi connectivity index (χ2v) is 17.6. The van der Waals surface area contributed by atoms with Gasteiger partial charge in [0.1, 0.15) is 28.2 Å². The number of piperazine rings is 1. The molecule has 0 saturated carbocycles. The van der Waals surface area contributed by atoms with Gasteiger partial charge in [0.05, 0.1) is 29.0 Å². The molecule has 1 saturated heterocycles. The summed E-state index contributed by atoms with van der Waals surface area (Å²) in [5.74, 6) is 3.30. The molecule has 66 heavy (non-hydrogen) atoms. The Balaban J connectivity index is 0.000000212. The molecule has 0 radical (unpaired) electrons. The molecule has 0 spiro atoms. The topological polar surface area (TPSA) is 166 Å². The summed E-state index contributed by atoms with van der Waals surface area (Å²) in [5, 5.41) is 16.2. The number of rotatable bonds is 14. The highest BCUT2D eigenvalue weighted by molar-refractivity contribution is 7.97. The molecule has 1 fully saturated rings. The first-order valence-corrected chi connectivity index (χ1v) is 23.7. The van der Waals surface area contributed by atoms with E-state index in [9.17, 15) is 4.79 Å². The Morgan fingerprint density at radius 1 is 0.924 bits per heavy atom. The molecule has 5 heterocycles. The maximum absolute atomic E-state index is 12.7. The van der Waals surface area contributed by atoms with E-state index in [-0.39, 0.29) is 5.91 Å². The standard InChI is InChI=1S/C23H28ClN7O2S.C22H25N7S.C2H6/c1-15-5-4-6-17(24)21(15)29-22(32)18-14-25-23(34-18)28-19-13-20(27-16(2)26-19)31-9-7-30(8-10-31)11-12-33-3;1-14-6-7-16(12-20(14)30-23-3)25-22-24-11-10-21(26-22)28(4)17-8-9-18-15(2)29(5)27-19(18)13-17;1-2/h4-6,13-14H,7-12H2,1-3H3,(H,29,32)(H,25,26,27,28);6-13,23H,1-5H3,(H,24,25,26);1-2H3. The average Bonchev–Trinajstić information content (AvgIpc) is 3.91. The fourth-order valence-corrected chi connectivity index (χ4v) is 8.62. The number of carbonyl (C=O) groups is 1. The van der Waals surface area contributed by atoms with Crippen molar-refractivity contribution in [3.63, 3.8) is 0 Å². The molecule has 0 bridgehead atoms. The molecule has 348 valence electrons. The van der Waals surface area contributed by atoms with Crippen LogP contribution in [0.15, 0.2) is 84.0 Å². The van der Waals surface area contributed by atoms with E-state index in [1.807, 2.05) is 88.8 Å². The maximum atomic E-state index is 12.7. The van der Waals surface area contributed by atoms with E-state index in [4.69, 9.17) is 21.3 Å². The van der Waals surface area contributed by atoms with E-state index in [0.717, 1.165) is 89.4 Å². The van der Waals surface area contributed by atoms with Crippen molar-refractivity contribution >= 4 is 97.3 Å². The molecule has 19 heteroatoms. The van der Waals surface area contributed by atoms with Gasteiger partial charge in [-0.3, -0.25) is 19.1 Å². The number of thiazole rings is 1. The van der Waals surface area contributed by atoms with Crippen LogP contribution in [-0.4, -0.2) is 106 Å². The Morgan fingerprint density at radius 3 is 2.45 bits per heavy atom. The number of hydrogen-bond acceptors (Lipinski definition) is 16. The molecule has 0 aliphatic carbocycles. The van der Waals surface area contributed by atoms with Crippen LogP contribution in [0.25, 0.3) is 10.9 Å². The Morgan fingerprint density at radius 2 is 1.71 bits per heavy atom. The first-order valence-electron chi connectivity index (χ1n) is 21.7. The van der Waals surface area contributed by atoms with E-state index >= 15 is 0 Å². The van der Waals surface area contributed by atoms with E-state index in [1.54, 1.807) is 37.5 Å². The quantitative estimate of drug-likeness (QED) is 0.0761. The van der Waals surface area contributed by atoms with Crippen molar-refractivity contribution in [3.8, 4) is 0 Å². The monoisotopic (exact) mass is 950 g/mol. The molecule has 0 atom stereocenters. The minimum Gasteiger partial charge on any atom is -0.383 e. The highest BCUT2D eigenvalue weighted by atomic mass is 35.5. The molecule has 16 nitrogen and oxygen atoms in total.